The monoisotopic (exact) mass is 263 g/mol. The van der Waals surface area contributed by atoms with Crippen molar-refractivity contribution in [3.63, 3.8) is 0 Å². The molecule has 0 radical (unpaired) electrons. The molecule has 5 nitrogen and oxygen atoms in total. The standard InChI is InChI=1S/C13H14FN3O2/c1-8-4-9(6-10(14)5-8)12-16-13(19-17-12)11-7-18-3-2-15-11/h4-6,11,15H,2-3,7H2,1H3. The van der Waals surface area contributed by atoms with Crippen LogP contribution in [0.3, 0.4) is 0 Å². The van der Waals surface area contributed by atoms with Crippen LogP contribution in [0.2, 0.25) is 0 Å². The van der Waals surface area contributed by atoms with E-state index in [9.17, 15) is 4.39 Å². The van der Waals surface area contributed by atoms with E-state index < -0.39 is 0 Å². The first kappa shape index (κ1) is 12.3. The van der Waals surface area contributed by atoms with E-state index in [0.29, 0.717) is 30.5 Å². The van der Waals surface area contributed by atoms with Crippen molar-refractivity contribution in [2.45, 2.75) is 13.0 Å². The van der Waals surface area contributed by atoms with Gasteiger partial charge < -0.3 is 14.6 Å². The fraction of sp³-hybridized carbons (Fsp3) is 0.385. The number of rotatable bonds is 2. The van der Waals surface area contributed by atoms with Crippen LogP contribution in [-0.2, 0) is 4.74 Å². The van der Waals surface area contributed by atoms with E-state index >= 15 is 0 Å². The number of morpholine rings is 1. The normalized spacial score (nSPS) is 19.6. The second-order valence-electron chi connectivity index (χ2n) is 4.56. The highest BCUT2D eigenvalue weighted by Crippen LogP contribution is 2.21. The van der Waals surface area contributed by atoms with Gasteiger partial charge in [-0.25, -0.2) is 4.39 Å². The van der Waals surface area contributed by atoms with E-state index in [0.717, 1.165) is 12.1 Å². The van der Waals surface area contributed by atoms with Crippen LogP contribution >= 0.6 is 0 Å². The molecule has 19 heavy (non-hydrogen) atoms. The number of benzene rings is 1. The van der Waals surface area contributed by atoms with Gasteiger partial charge in [0, 0.05) is 12.1 Å². The number of hydrogen-bond donors (Lipinski definition) is 1. The van der Waals surface area contributed by atoms with Gasteiger partial charge in [-0.05, 0) is 30.7 Å². The van der Waals surface area contributed by atoms with Gasteiger partial charge in [-0.2, -0.15) is 4.98 Å². The average molecular weight is 263 g/mol. The maximum atomic E-state index is 13.4. The molecule has 1 N–H and O–H groups in total. The third-order valence-electron chi connectivity index (χ3n) is 2.96. The van der Waals surface area contributed by atoms with Crippen molar-refractivity contribution in [3.8, 4) is 11.4 Å². The van der Waals surface area contributed by atoms with Crippen LogP contribution < -0.4 is 5.32 Å². The summed E-state index contributed by atoms with van der Waals surface area (Å²) in [4.78, 5) is 4.30. The number of halogens is 1. The summed E-state index contributed by atoms with van der Waals surface area (Å²) in [5.41, 5.74) is 1.43. The number of nitrogens with zero attached hydrogens (tertiary/aromatic N) is 2. The highest BCUT2D eigenvalue weighted by Gasteiger charge is 2.22. The molecule has 2 heterocycles. The molecule has 0 bridgehead atoms. The van der Waals surface area contributed by atoms with Crippen LogP contribution in [0.1, 0.15) is 17.5 Å². The molecule has 3 rings (SSSR count). The maximum absolute atomic E-state index is 13.4. The van der Waals surface area contributed by atoms with E-state index in [4.69, 9.17) is 9.26 Å². The topological polar surface area (TPSA) is 60.2 Å². The SMILES string of the molecule is Cc1cc(F)cc(-c2noc(C3COCCN3)n2)c1. The molecule has 1 unspecified atom stereocenters. The fourth-order valence-electron chi connectivity index (χ4n) is 2.08. The number of aryl methyl sites for hydroxylation is 1. The molecule has 1 aliphatic heterocycles. The quantitative estimate of drug-likeness (QED) is 0.896. The summed E-state index contributed by atoms with van der Waals surface area (Å²) in [6.45, 7) is 3.76. The minimum atomic E-state index is -0.305. The van der Waals surface area contributed by atoms with Crippen molar-refractivity contribution >= 4 is 0 Å². The number of hydrogen-bond acceptors (Lipinski definition) is 5. The van der Waals surface area contributed by atoms with E-state index in [2.05, 4.69) is 15.5 Å². The van der Waals surface area contributed by atoms with Crippen LogP contribution in [0.15, 0.2) is 22.7 Å². The molecule has 100 valence electrons. The Kier molecular flexibility index (Phi) is 3.27. The molecule has 1 aromatic heterocycles. The number of aromatic nitrogens is 2. The minimum absolute atomic E-state index is 0.0929. The lowest BCUT2D eigenvalue weighted by Crippen LogP contribution is -2.34. The van der Waals surface area contributed by atoms with Gasteiger partial charge in [0.1, 0.15) is 11.9 Å². The maximum Gasteiger partial charge on any atom is 0.246 e. The Labute approximate surface area is 109 Å². The molecular weight excluding hydrogens is 249 g/mol. The van der Waals surface area contributed by atoms with Gasteiger partial charge >= 0.3 is 0 Å². The molecule has 1 fully saturated rings. The summed E-state index contributed by atoms with van der Waals surface area (Å²) >= 11 is 0. The second kappa shape index (κ2) is 5.07. The third kappa shape index (κ3) is 2.64. The molecule has 1 saturated heterocycles. The molecule has 6 heteroatoms. The zero-order valence-electron chi connectivity index (χ0n) is 10.5. The lowest BCUT2D eigenvalue weighted by atomic mass is 10.1. The summed E-state index contributed by atoms with van der Waals surface area (Å²) in [7, 11) is 0. The zero-order chi connectivity index (χ0) is 13.2. The van der Waals surface area contributed by atoms with Gasteiger partial charge in [-0.15, -0.1) is 0 Å². The Balaban J connectivity index is 1.87. The van der Waals surface area contributed by atoms with Crippen LogP contribution in [0.4, 0.5) is 4.39 Å². The third-order valence-corrected chi connectivity index (χ3v) is 2.96. The van der Waals surface area contributed by atoms with Crippen LogP contribution in [0.25, 0.3) is 11.4 Å². The molecule has 0 saturated carbocycles. The Bertz CT molecular complexity index is 559. The summed E-state index contributed by atoms with van der Waals surface area (Å²) in [5.74, 6) is 0.557. The number of nitrogens with one attached hydrogen (secondary N) is 1. The van der Waals surface area contributed by atoms with E-state index in [-0.39, 0.29) is 11.9 Å². The van der Waals surface area contributed by atoms with Gasteiger partial charge in [0.25, 0.3) is 0 Å². The van der Waals surface area contributed by atoms with Gasteiger partial charge in [0.15, 0.2) is 0 Å². The van der Waals surface area contributed by atoms with E-state index in [1.54, 1.807) is 0 Å². The van der Waals surface area contributed by atoms with Crippen molar-refractivity contribution in [1.82, 2.24) is 15.5 Å². The van der Waals surface area contributed by atoms with Gasteiger partial charge in [-0.3, -0.25) is 0 Å². The van der Waals surface area contributed by atoms with Crippen molar-refractivity contribution in [2.24, 2.45) is 0 Å². The second-order valence-corrected chi connectivity index (χ2v) is 4.56. The van der Waals surface area contributed by atoms with E-state index in [1.165, 1.54) is 12.1 Å². The van der Waals surface area contributed by atoms with Crippen molar-refractivity contribution in [3.05, 3.63) is 35.5 Å². The molecule has 0 aliphatic carbocycles. The van der Waals surface area contributed by atoms with Crippen LogP contribution in [-0.4, -0.2) is 29.9 Å². The Morgan fingerprint density at radius 1 is 1.37 bits per heavy atom. The number of ether oxygens (including phenoxy) is 1. The van der Waals surface area contributed by atoms with Gasteiger partial charge in [0.05, 0.1) is 13.2 Å². The summed E-state index contributed by atoms with van der Waals surface area (Å²) in [5, 5.41) is 7.12. The van der Waals surface area contributed by atoms with Crippen molar-refractivity contribution < 1.29 is 13.7 Å². The Morgan fingerprint density at radius 3 is 3.00 bits per heavy atom. The highest BCUT2D eigenvalue weighted by molar-refractivity contribution is 5.55. The molecule has 0 spiro atoms. The smallest absolute Gasteiger partial charge is 0.246 e. The first-order valence-corrected chi connectivity index (χ1v) is 6.15. The predicted octanol–water partition coefficient (Wildman–Crippen LogP) is 1.85. The minimum Gasteiger partial charge on any atom is -0.378 e. The lowest BCUT2D eigenvalue weighted by molar-refractivity contribution is 0.0659. The molecular formula is C13H14FN3O2. The van der Waals surface area contributed by atoms with Gasteiger partial charge in [-0.1, -0.05) is 5.16 Å². The molecule has 1 atom stereocenters. The largest absolute Gasteiger partial charge is 0.378 e. The first-order valence-electron chi connectivity index (χ1n) is 6.15. The molecule has 2 aromatic rings. The molecule has 0 amide bonds. The summed E-state index contributed by atoms with van der Waals surface area (Å²) in [6.07, 6.45) is 0. The molecule has 1 aliphatic rings. The van der Waals surface area contributed by atoms with Crippen LogP contribution in [0, 0.1) is 12.7 Å². The Hall–Kier alpha value is -1.79. The summed E-state index contributed by atoms with van der Waals surface area (Å²) in [6, 6.07) is 4.58. The Morgan fingerprint density at radius 2 is 2.26 bits per heavy atom. The lowest BCUT2D eigenvalue weighted by Gasteiger charge is -2.20. The van der Waals surface area contributed by atoms with E-state index in [1.807, 2.05) is 13.0 Å². The first-order chi connectivity index (χ1) is 9.22. The predicted molar refractivity (Wildman–Crippen MR) is 66.0 cm³/mol. The fourth-order valence-corrected chi connectivity index (χ4v) is 2.08. The average Bonchev–Trinajstić information content (AvgIpc) is 2.88. The highest BCUT2D eigenvalue weighted by atomic mass is 19.1. The van der Waals surface area contributed by atoms with Crippen LogP contribution in [0.5, 0.6) is 0 Å². The zero-order valence-corrected chi connectivity index (χ0v) is 10.5. The van der Waals surface area contributed by atoms with Gasteiger partial charge in [0.2, 0.25) is 11.7 Å². The molecule has 1 aromatic carbocycles. The summed E-state index contributed by atoms with van der Waals surface area (Å²) < 4.78 is 23.9. The van der Waals surface area contributed by atoms with Crippen molar-refractivity contribution in [1.29, 1.82) is 0 Å². The van der Waals surface area contributed by atoms with Crippen molar-refractivity contribution in [2.75, 3.05) is 19.8 Å².